The van der Waals surface area contributed by atoms with Crippen LogP contribution in [0.1, 0.15) is 25.8 Å². The van der Waals surface area contributed by atoms with E-state index in [1.807, 2.05) is 19.9 Å². The molecular weight excluding hydrogens is 160 g/mol. The lowest BCUT2D eigenvalue weighted by atomic mass is 10.1. The molecule has 0 aliphatic heterocycles. The highest BCUT2D eigenvalue weighted by atomic mass is 16.5. The van der Waals surface area contributed by atoms with Gasteiger partial charge in [0.15, 0.2) is 0 Å². The van der Waals surface area contributed by atoms with Gasteiger partial charge in [0, 0.05) is 13.7 Å². The van der Waals surface area contributed by atoms with Crippen LogP contribution < -0.4 is 0 Å². The van der Waals surface area contributed by atoms with Crippen molar-refractivity contribution in [2.45, 2.75) is 26.7 Å². The molecule has 0 fully saturated rings. The second kappa shape index (κ2) is 9.27. The van der Waals surface area contributed by atoms with Gasteiger partial charge in [-0.25, -0.2) is 0 Å². The van der Waals surface area contributed by atoms with Crippen molar-refractivity contribution in [3.05, 3.63) is 35.9 Å². The minimum atomic E-state index is 0.856. The fourth-order valence-electron chi connectivity index (χ4n) is 1.07. The Labute approximate surface area is 81.7 Å². The maximum Gasteiger partial charge on any atom is 0.0465 e. The molecule has 0 unspecified atom stereocenters. The van der Waals surface area contributed by atoms with Gasteiger partial charge in [-0.2, -0.15) is 0 Å². The van der Waals surface area contributed by atoms with Gasteiger partial charge >= 0.3 is 0 Å². The summed E-state index contributed by atoms with van der Waals surface area (Å²) in [4.78, 5) is 0. The molecule has 0 radical (unpaired) electrons. The molecule has 1 heteroatoms. The number of benzene rings is 1. The van der Waals surface area contributed by atoms with Crippen molar-refractivity contribution < 1.29 is 4.74 Å². The standard InChI is InChI=1S/C10H14O.C2H6/c1-11-9-5-8-10-6-3-2-4-7-10;1-2/h2-4,6-7H,5,8-9H2,1H3;1-2H3. The molecule has 1 nitrogen and oxygen atoms in total. The zero-order valence-corrected chi connectivity index (χ0v) is 8.92. The van der Waals surface area contributed by atoms with Gasteiger partial charge in [-0.05, 0) is 18.4 Å². The molecule has 0 N–H and O–H groups in total. The van der Waals surface area contributed by atoms with E-state index in [4.69, 9.17) is 4.74 Å². The average molecular weight is 180 g/mol. The van der Waals surface area contributed by atoms with Crippen LogP contribution in [0.5, 0.6) is 0 Å². The molecule has 0 bridgehead atoms. The van der Waals surface area contributed by atoms with Crippen molar-refractivity contribution in [2.75, 3.05) is 13.7 Å². The van der Waals surface area contributed by atoms with Crippen LogP contribution in [0.2, 0.25) is 0 Å². The lowest BCUT2D eigenvalue weighted by molar-refractivity contribution is 0.195. The third-order valence-corrected chi connectivity index (χ3v) is 1.66. The Morgan fingerprint density at radius 3 is 2.23 bits per heavy atom. The van der Waals surface area contributed by atoms with E-state index in [1.54, 1.807) is 7.11 Å². The Bertz CT molecular complexity index is 182. The lowest BCUT2D eigenvalue weighted by Gasteiger charge is -1.98. The Hall–Kier alpha value is -0.820. The molecule has 0 atom stereocenters. The number of ether oxygens (including phenoxy) is 1. The van der Waals surface area contributed by atoms with E-state index >= 15 is 0 Å². The second-order valence-electron chi connectivity index (χ2n) is 2.58. The first-order chi connectivity index (χ1) is 6.43. The largest absolute Gasteiger partial charge is 0.385 e. The topological polar surface area (TPSA) is 9.23 Å². The van der Waals surface area contributed by atoms with Gasteiger partial charge in [0.2, 0.25) is 0 Å². The van der Waals surface area contributed by atoms with Gasteiger partial charge in [0.1, 0.15) is 0 Å². The van der Waals surface area contributed by atoms with E-state index in [1.165, 1.54) is 5.56 Å². The predicted molar refractivity (Wildman–Crippen MR) is 58.0 cm³/mol. The molecule has 0 aromatic heterocycles. The number of hydrogen-bond donors (Lipinski definition) is 0. The zero-order valence-electron chi connectivity index (χ0n) is 8.92. The molecule has 0 heterocycles. The van der Waals surface area contributed by atoms with E-state index in [0.717, 1.165) is 19.4 Å². The van der Waals surface area contributed by atoms with E-state index in [0.29, 0.717) is 0 Å². The van der Waals surface area contributed by atoms with Crippen LogP contribution in [0.25, 0.3) is 0 Å². The van der Waals surface area contributed by atoms with Crippen LogP contribution >= 0.6 is 0 Å². The van der Waals surface area contributed by atoms with Gasteiger partial charge in [-0.3, -0.25) is 0 Å². The molecule has 74 valence electrons. The summed E-state index contributed by atoms with van der Waals surface area (Å²) in [6.07, 6.45) is 2.23. The van der Waals surface area contributed by atoms with Gasteiger partial charge in [-0.1, -0.05) is 44.2 Å². The van der Waals surface area contributed by atoms with Crippen LogP contribution in [0.3, 0.4) is 0 Å². The molecule has 0 aliphatic rings. The lowest BCUT2D eigenvalue weighted by Crippen LogP contribution is -1.91. The summed E-state index contributed by atoms with van der Waals surface area (Å²) in [5.74, 6) is 0. The molecule has 1 aromatic carbocycles. The van der Waals surface area contributed by atoms with Crippen LogP contribution in [0.15, 0.2) is 30.3 Å². The third-order valence-electron chi connectivity index (χ3n) is 1.66. The minimum Gasteiger partial charge on any atom is -0.385 e. The van der Waals surface area contributed by atoms with Crippen LogP contribution in [0.4, 0.5) is 0 Å². The first-order valence-corrected chi connectivity index (χ1v) is 4.96. The smallest absolute Gasteiger partial charge is 0.0465 e. The second-order valence-corrected chi connectivity index (χ2v) is 2.58. The van der Waals surface area contributed by atoms with Crippen molar-refractivity contribution >= 4 is 0 Å². The summed E-state index contributed by atoms with van der Waals surface area (Å²) in [6, 6.07) is 10.5. The third kappa shape index (κ3) is 6.35. The summed E-state index contributed by atoms with van der Waals surface area (Å²) in [5.41, 5.74) is 1.39. The van der Waals surface area contributed by atoms with Gasteiger partial charge in [0.25, 0.3) is 0 Å². The minimum absolute atomic E-state index is 0.856. The van der Waals surface area contributed by atoms with E-state index < -0.39 is 0 Å². The Morgan fingerprint density at radius 2 is 1.69 bits per heavy atom. The molecule has 1 rings (SSSR count). The molecule has 1 aromatic rings. The average Bonchev–Trinajstić information content (AvgIpc) is 2.23. The number of methoxy groups -OCH3 is 1. The summed E-state index contributed by atoms with van der Waals surface area (Å²) in [7, 11) is 1.74. The zero-order chi connectivity index (χ0) is 9.94. The van der Waals surface area contributed by atoms with Crippen LogP contribution in [-0.4, -0.2) is 13.7 Å². The molecule has 0 aliphatic carbocycles. The molecule has 0 saturated heterocycles. The van der Waals surface area contributed by atoms with Gasteiger partial charge in [0.05, 0.1) is 0 Å². The Kier molecular flexibility index (Phi) is 8.68. The summed E-state index contributed by atoms with van der Waals surface area (Å²) in [5, 5.41) is 0. The van der Waals surface area contributed by atoms with E-state index in [2.05, 4.69) is 24.3 Å². The predicted octanol–water partition coefficient (Wildman–Crippen LogP) is 3.29. The highest BCUT2D eigenvalue weighted by Crippen LogP contribution is 2.01. The highest BCUT2D eigenvalue weighted by Gasteiger charge is 1.89. The van der Waals surface area contributed by atoms with Crippen molar-refractivity contribution in [1.82, 2.24) is 0 Å². The Morgan fingerprint density at radius 1 is 1.08 bits per heavy atom. The number of rotatable bonds is 4. The molecule has 0 spiro atoms. The molecule has 0 saturated carbocycles. The molecule has 0 amide bonds. The fourth-order valence-corrected chi connectivity index (χ4v) is 1.07. The van der Waals surface area contributed by atoms with Crippen molar-refractivity contribution in [1.29, 1.82) is 0 Å². The highest BCUT2D eigenvalue weighted by molar-refractivity contribution is 5.14. The first-order valence-electron chi connectivity index (χ1n) is 4.96. The number of hydrogen-bond acceptors (Lipinski definition) is 1. The fraction of sp³-hybridized carbons (Fsp3) is 0.500. The first kappa shape index (κ1) is 12.2. The molecular formula is C12H20O. The summed E-state index contributed by atoms with van der Waals surface area (Å²) in [6.45, 7) is 4.86. The Balaban J connectivity index is 0.000000671. The van der Waals surface area contributed by atoms with Crippen LogP contribution in [0, 0.1) is 0 Å². The van der Waals surface area contributed by atoms with E-state index in [9.17, 15) is 0 Å². The van der Waals surface area contributed by atoms with Crippen LogP contribution in [-0.2, 0) is 11.2 Å². The van der Waals surface area contributed by atoms with E-state index in [-0.39, 0.29) is 0 Å². The quantitative estimate of drug-likeness (QED) is 0.646. The van der Waals surface area contributed by atoms with Gasteiger partial charge < -0.3 is 4.74 Å². The maximum atomic E-state index is 4.96. The monoisotopic (exact) mass is 180 g/mol. The molecule has 13 heavy (non-hydrogen) atoms. The summed E-state index contributed by atoms with van der Waals surface area (Å²) < 4.78 is 4.96. The van der Waals surface area contributed by atoms with Crippen molar-refractivity contribution in [3.63, 3.8) is 0 Å². The van der Waals surface area contributed by atoms with Gasteiger partial charge in [-0.15, -0.1) is 0 Å². The van der Waals surface area contributed by atoms with Crippen molar-refractivity contribution in [2.24, 2.45) is 0 Å². The maximum absolute atomic E-state index is 4.96. The summed E-state index contributed by atoms with van der Waals surface area (Å²) >= 11 is 0. The van der Waals surface area contributed by atoms with Crippen molar-refractivity contribution in [3.8, 4) is 0 Å². The number of aryl methyl sites for hydroxylation is 1. The SMILES string of the molecule is CC.COCCCc1ccccc1. The normalized spacial score (nSPS) is 8.85.